The van der Waals surface area contributed by atoms with E-state index >= 15 is 0 Å². The van der Waals surface area contributed by atoms with Crippen LogP contribution in [0, 0.1) is 0 Å². The van der Waals surface area contributed by atoms with Crippen LogP contribution in [0.2, 0.25) is 0 Å². The van der Waals surface area contributed by atoms with Gasteiger partial charge < -0.3 is 9.84 Å². The summed E-state index contributed by atoms with van der Waals surface area (Å²) < 4.78 is 5.67. The Hall–Kier alpha value is -2.14. The highest BCUT2D eigenvalue weighted by molar-refractivity contribution is 7.12. The number of rotatable bonds is 6. The molecule has 2 aromatic rings. The summed E-state index contributed by atoms with van der Waals surface area (Å²) in [4.78, 5) is 15.4. The maximum Gasteiger partial charge on any atom is 0.328 e. The van der Waals surface area contributed by atoms with Gasteiger partial charge in [0.1, 0.15) is 17.4 Å². The van der Waals surface area contributed by atoms with Crippen molar-refractivity contribution >= 4 is 23.4 Å². The largest absolute Gasteiger partial charge is 0.486 e. The van der Waals surface area contributed by atoms with Crippen LogP contribution in [-0.2, 0) is 11.4 Å². The summed E-state index contributed by atoms with van der Waals surface area (Å²) in [5, 5.41) is 9.38. The highest BCUT2D eigenvalue weighted by Gasteiger charge is 2.03. The number of benzene rings is 1. The number of carbonyl (C=O) groups is 1. The van der Waals surface area contributed by atoms with Crippen LogP contribution in [0.15, 0.2) is 36.5 Å². The van der Waals surface area contributed by atoms with Crippen molar-refractivity contribution in [3.63, 3.8) is 0 Å². The highest BCUT2D eigenvalue weighted by atomic mass is 32.1. The Morgan fingerprint density at radius 3 is 2.71 bits per heavy atom. The molecule has 1 aromatic heterocycles. The van der Waals surface area contributed by atoms with E-state index in [1.807, 2.05) is 12.1 Å². The maximum absolute atomic E-state index is 10.4. The fourth-order valence-corrected chi connectivity index (χ4v) is 2.45. The smallest absolute Gasteiger partial charge is 0.328 e. The van der Waals surface area contributed by atoms with Gasteiger partial charge >= 0.3 is 5.97 Å². The zero-order valence-corrected chi connectivity index (χ0v) is 12.8. The van der Waals surface area contributed by atoms with E-state index in [9.17, 15) is 4.79 Å². The summed E-state index contributed by atoms with van der Waals surface area (Å²) in [7, 11) is 0. The minimum Gasteiger partial charge on any atom is -0.486 e. The summed E-state index contributed by atoms with van der Waals surface area (Å²) in [5.74, 6) is 0.338. The molecule has 21 heavy (non-hydrogen) atoms. The monoisotopic (exact) mass is 303 g/mol. The summed E-state index contributed by atoms with van der Waals surface area (Å²) >= 11 is 1.42. The van der Waals surface area contributed by atoms with Gasteiger partial charge in [-0.15, -0.1) is 11.3 Å². The predicted molar refractivity (Wildman–Crippen MR) is 83.6 cm³/mol. The van der Waals surface area contributed by atoms with Gasteiger partial charge in [-0.25, -0.2) is 9.78 Å². The predicted octanol–water partition coefficient (Wildman–Crippen LogP) is 3.94. The number of aromatic nitrogens is 1. The van der Waals surface area contributed by atoms with Gasteiger partial charge in [0.15, 0.2) is 0 Å². The minimum atomic E-state index is -0.966. The van der Waals surface area contributed by atoms with E-state index in [2.05, 4.69) is 31.0 Å². The molecule has 0 aliphatic heterocycles. The van der Waals surface area contributed by atoms with Crippen molar-refractivity contribution in [2.24, 2.45) is 0 Å². The average Bonchev–Trinajstić information content (AvgIpc) is 2.91. The van der Waals surface area contributed by atoms with Gasteiger partial charge in [-0.2, -0.15) is 0 Å². The lowest BCUT2D eigenvalue weighted by atomic mass is 10.0. The molecule has 5 heteroatoms. The van der Waals surface area contributed by atoms with Crippen LogP contribution >= 0.6 is 11.3 Å². The second kappa shape index (κ2) is 7.04. The molecule has 0 unspecified atom stereocenters. The van der Waals surface area contributed by atoms with E-state index in [0.29, 0.717) is 12.5 Å². The minimum absolute atomic E-state index is 0.382. The summed E-state index contributed by atoms with van der Waals surface area (Å²) in [6, 6.07) is 8.02. The van der Waals surface area contributed by atoms with E-state index in [1.165, 1.54) is 23.0 Å². The fourth-order valence-electron chi connectivity index (χ4n) is 1.72. The third-order valence-electron chi connectivity index (χ3n) is 2.87. The Bertz CT molecular complexity index is 629. The number of thiazole rings is 1. The van der Waals surface area contributed by atoms with E-state index in [-0.39, 0.29) is 0 Å². The van der Waals surface area contributed by atoms with Crippen LogP contribution in [0.5, 0.6) is 5.75 Å². The molecule has 4 nitrogen and oxygen atoms in total. The topological polar surface area (TPSA) is 59.4 Å². The first-order valence-electron chi connectivity index (χ1n) is 6.63. The van der Waals surface area contributed by atoms with Gasteiger partial charge in [0.2, 0.25) is 0 Å². The van der Waals surface area contributed by atoms with E-state index < -0.39 is 5.97 Å². The lowest BCUT2D eigenvalue weighted by Crippen LogP contribution is -1.95. The van der Waals surface area contributed by atoms with Gasteiger partial charge in [-0.3, -0.25) is 0 Å². The third-order valence-corrected chi connectivity index (χ3v) is 3.81. The molecular weight excluding hydrogens is 286 g/mol. The molecule has 0 fully saturated rings. The van der Waals surface area contributed by atoms with Crippen LogP contribution in [0.4, 0.5) is 0 Å². The molecule has 0 amide bonds. The Morgan fingerprint density at radius 1 is 1.38 bits per heavy atom. The zero-order valence-electron chi connectivity index (χ0n) is 11.9. The fraction of sp³-hybridized carbons (Fsp3) is 0.250. The molecule has 0 spiro atoms. The van der Waals surface area contributed by atoms with E-state index in [1.54, 1.807) is 6.20 Å². The van der Waals surface area contributed by atoms with Crippen LogP contribution in [-0.4, -0.2) is 16.1 Å². The second-order valence-corrected chi connectivity index (χ2v) is 5.99. The Balaban J connectivity index is 1.92. The number of carboxylic acids is 1. The first-order chi connectivity index (χ1) is 10.0. The first-order valence-corrected chi connectivity index (χ1v) is 7.44. The molecule has 0 aliphatic rings. The van der Waals surface area contributed by atoms with Crippen LogP contribution in [0.3, 0.4) is 0 Å². The molecule has 1 N–H and O–H groups in total. The van der Waals surface area contributed by atoms with Gasteiger partial charge in [-0.1, -0.05) is 26.0 Å². The van der Waals surface area contributed by atoms with Crippen molar-refractivity contribution in [2.75, 3.05) is 0 Å². The molecule has 0 radical (unpaired) electrons. The Labute approximate surface area is 127 Å². The zero-order chi connectivity index (χ0) is 15.2. The van der Waals surface area contributed by atoms with Crippen LogP contribution in [0.25, 0.3) is 6.08 Å². The van der Waals surface area contributed by atoms with E-state index in [0.717, 1.165) is 21.7 Å². The molecule has 2 rings (SSSR count). The number of ether oxygens (including phenoxy) is 1. The summed E-state index contributed by atoms with van der Waals surface area (Å²) in [6.07, 6.45) is 4.27. The second-order valence-electron chi connectivity index (χ2n) is 4.84. The highest BCUT2D eigenvalue weighted by Crippen LogP contribution is 2.21. The van der Waals surface area contributed by atoms with Crippen LogP contribution < -0.4 is 4.74 Å². The third kappa shape index (κ3) is 4.72. The van der Waals surface area contributed by atoms with Crippen LogP contribution in [0.1, 0.15) is 35.2 Å². The number of hydrogen-bond acceptors (Lipinski definition) is 4. The number of hydrogen-bond donors (Lipinski definition) is 1. The normalized spacial score (nSPS) is 11.2. The molecule has 1 heterocycles. The molecule has 1 aromatic carbocycles. The van der Waals surface area contributed by atoms with Crippen molar-refractivity contribution in [1.82, 2.24) is 4.98 Å². The molecule has 0 saturated heterocycles. The van der Waals surface area contributed by atoms with Crippen molar-refractivity contribution in [2.45, 2.75) is 26.4 Å². The molecule has 0 aliphatic carbocycles. The molecule has 0 saturated carbocycles. The Morgan fingerprint density at radius 2 is 2.10 bits per heavy atom. The quantitative estimate of drug-likeness (QED) is 0.821. The lowest BCUT2D eigenvalue weighted by Gasteiger charge is -2.07. The maximum atomic E-state index is 10.4. The Kier molecular flexibility index (Phi) is 5.11. The standard InChI is InChI=1S/C16H17NO3S/c1-11(2)12-3-5-13(6-4-12)20-10-15-17-9-14(21-15)7-8-16(18)19/h3-9,11H,10H2,1-2H3,(H,18,19)/b8-7+. The van der Waals surface area contributed by atoms with Gasteiger partial charge in [0.25, 0.3) is 0 Å². The van der Waals surface area contributed by atoms with Gasteiger partial charge in [0.05, 0.1) is 0 Å². The molecule has 110 valence electrons. The number of carboxylic acid groups (broad SMARTS) is 1. The van der Waals surface area contributed by atoms with Crippen molar-refractivity contribution in [3.05, 3.63) is 52.0 Å². The average molecular weight is 303 g/mol. The first kappa shape index (κ1) is 15.3. The van der Waals surface area contributed by atoms with Gasteiger partial charge in [-0.05, 0) is 29.7 Å². The molecular formula is C16H17NO3S. The molecule has 0 atom stereocenters. The lowest BCUT2D eigenvalue weighted by molar-refractivity contribution is -0.131. The summed E-state index contributed by atoms with van der Waals surface area (Å²) in [5.41, 5.74) is 1.28. The van der Waals surface area contributed by atoms with Crippen molar-refractivity contribution in [1.29, 1.82) is 0 Å². The van der Waals surface area contributed by atoms with Gasteiger partial charge in [0, 0.05) is 17.2 Å². The van der Waals surface area contributed by atoms with Crippen molar-refractivity contribution < 1.29 is 14.6 Å². The number of nitrogens with zero attached hydrogens (tertiary/aromatic N) is 1. The SMILES string of the molecule is CC(C)c1ccc(OCc2ncc(/C=C/C(=O)O)s2)cc1. The number of aliphatic carboxylic acids is 1. The van der Waals surface area contributed by atoms with Crippen molar-refractivity contribution in [3.8, 4) is 5.75 Å². The molecule has 0 bridgehead atoms. The van der Waals surface area contributed by atoms with E-state index in [4.69, 9.17) is 9.84 Å². The summed E-state index contributed by atoms with van der Waals surface area (Å²) in [6.45, 7) is 4.68.